The van der Waals surface area contributed by atoms with E-state index in [9.17, 15) is 4.79 Å². The lowest BCUT2D eigenvalue weighted by Crippen LogP contribution is -2.22. The van der Waals surface area contributed by atoms with E-state index in [-0.39, 0.29) is 11.4 Å². The summed E-state index contributed by atoms with van der Waals surface area (Å²) in [6.07, 6.45) is 5.55. The molecule has 1 fully saturated rings. The van der Waals surface area contributed by atoms with Crippen LogP contribution in [0, 0.1) is 0 Å². The summed E-state index contributed by atoms with van der Waals surface area (Å²) in [5.74, 6) is 0.324. The van der Waals surface area contributed by atoms with Crippen molar-refractivity contribution in [3.63, 3.8) is 0 Å². The second-order valence-corrected chi connectivity index (χ2v) is 7.23. The first-order chi connectivity index (χ1) is 13.1. The van der Waals surface area contributed by atoms with Gasteiger partial charge in [-0.2, -0.15) is 0 Å². The highest BCUT2D eigenvalue weighted by atomic mass is 16.1. The maximum Gasteiger partial charge on any atom is 0.255 e. The number of carbonyl (C=O) groups is 1. The minimum Gasteiger partial charge on any atom is -0.325 e. The first kappa shape index (κ1) is 17.4. The molecule has 2 aromatic carbocycles. The molecule has 136 valence electrons. The second-order valence-electron chi connectivity index (χ2n) is 7.23. The van der Waals surface area contributed by atoms with Crippen LogP contribution in [0.5, 0.6) is 0 Å². The van der Waals surface area contributed by atoms with Crippen molar-refractivity contribution in [2.45, 2.75) is 31.2 Å². The lowest BCUT2D eigenvalue weighted by Gasteiger charge is -2.10. The van der Waals surface area contributed by atoms with Crippen molar-refractivity contribution < 1.29 is 4.79 Å². The van der Waals surface area contributed by atoms with E-state index in [2.05, 4.69) is 29.4 Å². The fourth-order valence-electron chi connectivity index (χ4n) is 3.52. The Morgan fingerprint density at radius 1 is 1.04 bits per heavy atom. The van der Waals surface area contributed by atoms with E-state index >= 15 is 0 Å². The molecule has 2 atom stereocenters. The molecule has 0 bridgehead atoms. The lowest BCUT2D eigenvalue weighted by molar-refractivity contribution is 0.102. The third-order valence-electron chi connectivity index (χ3n) is 5.51. The highest BCUT2D eigenvalue weighted by molar-refractivity contribution is 6.04. The van der Waals surface area contributed by atoms with Crippen molar-refractivity contribution in [2.24, 2.45) is 5.73 Å². The van der Waals surface area contributed by atoms with Gasteiger partial charge < -0.3 is 11.1 Å². The summed E-state index contributed by atoms with van der Waals surface area (Å²) in [7, 11) is 0. The number of nitrogens with two attached hydrogens (primary N) is 1. The lowest BCUT2D eigenvalue weighted by atomic mass is 10.0. The van der Waals surface area contributed by atoms with Crippen LogP contribution in [0.2, 0.25) is 0 Å². The molecule has 27 heavy (non-hydrogen) atoms. The summed E-state index contributed by atoms with van der Waals surface area (Å²) in [6.45, 7) is 2.13. The molecule has 3 aromatic rings. The average Bonchev–Trinajstić information content (AvgIpc) is 3.41. The van der Waals surface area contributed by atoms with Crippen LogP contribution < -0.4 is 11.1 Å². The summed E-state index contributed by atoms with van der Waals surface area (Å²) >= 11 is 0. The largest absolute Gasteiger partial charge is 0.325 e. The molecule has 1 heterocycles. The summed E-state index contributed by atoms with van der Waals surface area (Å²) in [5.41, 5.74) is 11.1. The SMILES string of the molecule is CCC1(N)CC1c1ccc(NC(=O)c2ccc(-c3ccncc3)cc2)cc1. The van der Waals surface area contributed by atoms with E-state index in [0.717, 1.165) is 29.7 Å². The van der Waals surface area contributed by atoms with Crippen molar-refractivity contribution >= 4 is 11.6 Å². The first-order valence-corrected chi connectivity index (χ1v) is 9.30. The fraction of sp³-hybridized carbons (Fsp3) is 0.217. The molecule has 1 aliphatic rings. The van der Waals surface area contributed by atoms with Gasteiger partial charge in [-0.1, -0.05) is 31.2 Å². The maximum atomic E-state index is 12.5. The van der Waals surface area contributed by atoms with Gasteiger partial charge >= 0.3 is 0 Å². The number of nitrogens with one attached hydrogen (secondary N) is 1. The van der Waals surface area contributed by atoms with Gasteiger partial charge in [-0.05, 0) is 65.9 Å². The van der Waals surface area contributed by atoms with E-state index in [4.69, 9.17) is 5.73 Å². The molecule has 4 nitrogen and oxygen atoms in total. The summed E-state index contributed by atoms with van der Waals surface area (Å²) in [5, 5.41) is 2.96. The molecule has 1 amide bonds. The van der Waals surface area contributed by atoms with Crippen molar-refractivity contribution in [3.05, 3.63) is 84.2 Å². The van der Waals surface area contributed by atoms with Crippen molar-refractivity contribution in [3.8, 4) is 11.1 Å². The van der Waals surface area contributed by atoms with Gasteiger partial charge in [-0.3, -0.25) is 9.78 Å². The van der Waals surface area contributed by atoms with Gasteiger partial charge in [-0.15, -0.1) is 0 Å². The van der Waals surface area contributed by atoms with Crippen molar-refractivity contribution in [2.75, 3.05) is 5.32 Å². The summed E-state index contributed by atoms with van der Waals surface area (Å²) in [6, 6.07) is 19.5. The number of benzene rings is 2. The van der Waals surface area contributed by atoms with Crippen LogP contribution in [0.4, 0.5) is 5.69 Å². The van der Waals surface area contributed by atoms with E-state index in [0.29, 0.717) is 11.5 Å². The Balaban J connectivity index is 1.42. The highest BCUT2D eigenvalue weighted by Crippen LogP contribution is 2.51. The highest BCUT2D eigenvalue weighted by Gasteiger charge is 2.49. The van der Waals surface area contributed by atoms with Crippen LogP contribution in [0.25, 0.3) is 11.1 Å². The number of hydrogen-bond donors (Lipinski definition) is 2. The molecule has 1 saturated carbocycles. The Hall–Kier alpha value is -2.98. The van der Waals surface area contributed by atoms with Crippen LogP contribution in [0.3, 0.4) is 0 Å². The third-order valence-corrected chi connectivity index (χ3v) is 5.51. The van der Waals surface area contributed by atoms with Crippen molar-refractivity contribution in [1.82, 2.24) is 4.98 Å². The van der Waals surface area contributed by atoms with E-state index in [1.165, 1.54) is 5.56 Å². The first-order valence-electron chi connectivity index (χ1n) is 9.30. The molecule has 2 unspecified atom stereocenters. The smallest absolute Gasteiger partial charge is 0.255 e. The molecule has 0 spiro atoms. The van der Waals surface area contributed by atoms with Crippen LogP contribution in [-0.4, -0.2) is 16.4 Å². The Kier molecular flexibility index (Phi) is 4.50. The van der Waals surface area contributed by atoms with Crippen LogP contribution in [-0.2, 0) is 0 Å². The van der Waals surface area contributed by atoms with Gasteiger partial charge in [0.1, 0.15) is 0 Å². The molecule has 4 heteroatoms. The normalized spacial score (nSPS) is 20.9. The van der Waals surface area contributed by atoms with Gasteiger partial charge in [0, 0.05) is 35.1 Å². The molecule has 0 aliphatic heterocycles. The minimum absolute atomic E-state index is 0.0404. The number of amides is 1. The number of rotatable bonds is 5. The molecular formula is C23H23N3O. The number of hydrogen-bond acceptors (Lipinski definition) is 3. The second kappa shape index (κ2) is 6.97. The predicted molar refractivity (Wildman–Crippen MR) is 109 cm³/mol. The maximum absolute atomic E-state index is 12.5. The van der Waals surface area contributed by atoms with E-state index in [1.54, 1.807) is 12.4 Å². The van der Waals surface area contributed by atoms with Gasteiger partial charge in [0.05, 0.1) is 0 Å². The van der Waals surface area contributed by atoms with Gasteiger partial charge in [0.15, 0.2) is 0 Å². The molecule has 0 saturated heterocycles. The number of aromatic nitrogens is 1. The third kappa shape index (κ3) is 3.62. The van der Waals surface area contributed by atoms with Crippen LogP contribution in [0.15, 0.2) is 73.1 Å². The van der Waals surface area contributed by atoms with Crippen LogP contribution in [0.1, 0.15) is 41.6 Å². The Labute approximate surface area is 159 Å². The topological polar surface area (TPSA) is 68.0 Å². The van der Waals surface area contributed by atoms with Crippen LogP contribution >= 0.6 is 0 Å². The fourth-order valence-corrected chi connectivity index (χ4v) is 3.52. The predicted octanol–water partition coefficient (Wildman–Crippen LogP) is 4.60. The van der Waals surface area contributed by atoms with E-state index in [1.807, 2.05) is 48.5 Å². The monoisotopic (exact) mass is 357 g/mol. The Bertz CT molecular complexity index is 936. The zero-order valence-corrected chi connectivity index (χ0v) is 15.4. The van der Waals surface area contributed by atoms with Gasteiger partial charge in [0.2, 0.25) is 0 Å². The van der Waals surface area contributed by atoms with Gasteiger partial charge in [-0.25, -0.2) is 0 Å². The summed E-state index contributed by atoms with van der Waals surface area (Å²) in [4.78, 5) is 16.5. The number of pyridine rings is 1. The van der Waals surface area contributed by atoms with E-state index < -0.39 is 0 Å². The van der Waals surface area contributed by atoms with Gasteiger partial charge in [0.25, 0.3) is 5.91 Å². The minimum atomic E-state index is -0.114. The Morgan fingerprint density at radius 3 is 2.26 bits per heavy atom. The quantitative estimate of drug-likeness (QED) is 0.701. The van der Waals surface area contributed by atoms with Crippen molar-refractivity contribution in [1.29, 1.82) is 0 Å². The zero-order valence-electron chi connectivity index (χ0n) is 15.4. The molecule has 4 rings (SSSR count). The molecule has 3 N–H and O–H groups in total. The number of nitrogens with zero attached hydrogens (tertiary/aromatic N) is 1. The molecule has 1 aliphatic carbocycles. The molecular weight excluding hydrogens is 334 g/mol. The summed E-state index contributed by atoms with van der Waals surface area (Å²) < 4.78 is 0. The average molecular weight is 357 g/mol. The standard InChI is InChI=1S/C23H23N3O/c1-2-23(24)15-21(23)18-7-9-20(10-8-18)26-22(27)19-5-3-16(4-6-19)17-11-13-25-14-12-17/h3-14,21H,2,15,24H2,1H3,(H,26,27). The number of anilines is 1. The molecule has 1 aromatic heterocycles. The molecule has 0 radical (unpaired) electrons. The number of carbonyl (C=O) groups excluding carboxylic acids is 1. The Morgan fingerprint density at radius 2 is 1.67 bits per heavy atom. The zero-order chi connectivity index (χ0) is 18.9.